The quantitative estimate of drug-likeness (QED) is 0.734. The van der Waals surface area contributed by atoms with Gasteiger partial charge in [-0.2, -0.15) is 13.2 Å². The van der Waals surface area contributed by atoms with Gasteiger partial charge in [0.15, 0.2) is 6.04 Å². The summed E-state index contributed by atoms with van der Waals surface area (Å²) >= 11 is 0. The van der Waals surface area contributed by atoms with E-state index in [9.17, 15) is 22.8 Å². The second-order valence-corrected chi connectivity index (χ2v) is 3.48. The van der Waals surface area contributed by atoms with Crippen molar-refractivity contribution in [2.24, 2.45) is 0 Å². The van der Waals surface area contributed by atoms with Gasteiger partial charge >= 0.3 is 12.1 Å². The minimum atomic E-state index is -4.62. The lowest BCUT2D eigenvalue weighted by atomic mass is 10.2. The minimum absolute atomic E-state index is 0.243. The number of carbonyl (C=O) groups is 2. The molecule has 0 unspecified atom stereocenters. The first-order chi connectivity index (χ1) is 8.75. The molecule has 0 bridgehead atoms. The molecule has 9 heteroatoms. The van der Waals surface area contributed by atoms with E-state index in [1.807, 2.05) is 5.32 Å². The predicted octanol–water partition coefficient (Wildman–Crippen LogP) is 0.276. The van der Waals surface area contributed by atoms with E-state index in [0.29, 0.717) is 12.3 Å². The molecule has 1 rings (SSSR count). The number of rotatable bonds is 4. The number of aliphatic hydroxyl groups excluding tert-OH is 1. The van der Waals surface area contributed by atoms with Crippen LogP contribution < -0.4 is 5.32 Å². The van der Waals surface area contributed by atoms with E-state index in [-0.39, 0.29) is 5.56 Å². The number of aromatic nitrogens is 1. The van der Waals surface area contributed by atoms with Crippen LogP contribution in [-0.2, 0) is 11.0 Å². The van der Waals surface area contributed by atoms with Gasteiger partial charge in [0.2, 0.25) is 0 Å². The molecule has 1 amide bonds. The third-order valence-corrected chi connectivity index (χ3v) is 2.10. The Morgan fingerprint density at radius 1 is 1.37 bits per heavy atom. The molecule has 1 heterocycles. The molecule has 0 saturated heterocycles. The van der Waals surface area contributed by atoms with Crippen LogP contribution in [0.3, 0.4) is 0 Å². The Morgan fingerprint density at radius 3 is 2.37 bits per heavy atom. The third-order valence-electron chi connectivity index (χ3n) is 2.10. The molecular formula is C10H9F3N2O4. The summed E-state index contributed by atoms with van der Waals surface area (Å²) < 4.78 is 36.7. The molecule has 0 fully saturated rings. The molecule has 1 aromatic heterocycles. The maximum Gasteiger partial charge on any atom is 0.433 e. The Kier molecular flexibility index (Phi) is 4.43. The molecule has 1 atom stereocenters. The Hall–Kier alpha value is -2.16. The fraction of sp³-hybridized carbons (Fsp3) is 0.300. The summed E-state index contributed by atoms with van der Waals surface area (Å²) in [6, 6.07) is -0.0692. The van der Waals surface area contributed by atoms with E-state index in [1.165, 1.54) is 0 Å². The SMILES string of the molecule is O=C(N[C@H](CO)C(=O)O)c1ccc(C(F)(F)F)nc1. The zero-order valence-corrected chi connectivity index (χ0v) is 9.31. The molecule has 1 aromatic rings. The van der Waals surface area contributed by atoms with Crippen LogP contribution in [0.2, 0.25) is 0 Å². The number of aliphatic hydroxyl groups is 1. The fourth-order valence-electron chi connectivity index (χ4n) is 1.12. The van der Waals surface area contributed by atoms with Gasteiger partial charge in [0.1, 0.15) is 5.69 Å². The van der Waals surface area contributed by atoms with Gasteiger partial charge in [-0.1, -0.05) is 0 Å². The van der Waals surface area contributed by atoms with Crippen LogP contribution in [0.4, 0.5) is 13.2 Å². The largest absolute Gasteiger partial charge is 0.480 e. The summed E-state index contributed by atoms with van der Waals surface area (Å²) in [5.41, 5.74) is -1.41. The molecule has 0 aromatic carbocycles. The van der Waals surface area contributed by atoms with Gasteiger partial charge in [0.25, 0.3) is 5.91 Å². The van der Waals surface area contributed by atoms with Gasteiger partial charge in [-0.05, 0) is 12.1 Å². The van der Waals surface area contributed by atoms with E-state index in [0.717, 1.165) is 6.07 Å². The van der Waals surface area contributed by atoms with Crippen molar-refractivity contribution in [1.82, 2.24) is 10.3 Å². The Bertz CT molecular complexity index is 473. The standard InChI is InChI=1S/C10H9F3N2O4/c11-10(12,13)7-2-1-5(3-14-7)8(17)15-6(4-16)9(18)19/h1-3,6,16H,4H2,(H,15,17)(H,18,19)/t6-/m1/s1. The first kappa shape index (κ1) is 14.9. The van der Waals surface area contributed by atoms with Gasteiger partial charge in [-0.25, -0.2) is 4.79 Å². The first-order valence-corrected chi connectivity index (χ1v) is 4.93. The monoisotopic (exact) mass is 278 g/mol. The molecule has 6 nitrogen and oxygen atoms in total. The van der Waals surface area contributed by atoms with Crippen LogP contribution in [0.15, 0.2) is 18.3 Å². The average Bonchev–Trinajstić information content (AvgIpc) is 2.34. The lowest BCUT2D eigenvalue weighted by molar-refractivity contribution is -0.141. The Labute approximate surface area is 104 Å². The number of carboxylic acids is 1. The summed E-state index contributed by atoms with van der Waals surface area (Å²) in [4.78, 5) is 25.1. The van der Waals surface area contributed by atoms with Crippen molar-refractivity contribution in [3.63, 3.8) is 0 Å². The van der Waals surface area contributed by atoms with Gasteiger partial charge in [-0.3, -0.25) is 9.78 Å². The molecule has 3 N–H and O–H groups in total. The summed E-state index contributed by atoms with van der Waals surface area (Å²) in [6.07, 6.45) is -3.95. The van der Waals surface area contributed by atoms with Crippen LogP contribution in [0, 0.1) is 0 Å². The maximum atomic E-state index is 12.2. The molecule has 0 aliphatic rings. The summed E-state index contributed by atoms with van der Waals surface area (Å²) in [7, 11) is 0. The van der Waals surface area contributed by atoms with Crippen LogP contribution >= 0.6 is 0 Å². The van der Waals surface area contributed by atoms with Crippen molar-refractivity contribution in [2.45, 2.75) is 12.2 Å². The highest BCUT2D eigenvalue weighted by Gasteiger charge is 2.32. The molecular weight excluding hydrogens is 269 g/mol. The number of alkyl halides is 3. The summed E-state index contributed by atoms with van der Waals surface area (Å²) in [6.45, 7) is -0.838. The number of carbonyl (C=O) groups excluding carboxylic acids is 1. The van der Waals surface area contributed by atoms with Crippen molar-refractivity contribution in [3.8, 4) is 0 Å². The molecule has 0 saturated carbocycles. The number of nitrogens with zero attached hydrogens (tertiary/aromatic N) is 1. The average molecular weight is 278 g/mol. The molecule has 0 spiro atoms. The number of aliphatic carboxylic acids is 1. The highest BCUT2D eigenvalue weighted by atomic mass is 19.4. The number of nitrogens with one attached hydrogen (secondary N) is 1. The molecule has 0 aliphatic carbocycles. The fourth-order valence-corrected chi connectivity index (χ4v) is 1.12. The zero-order chi connectivity index (χ0) is 14.6. The van der Waals surface area contributed by atoms with Gasteiger partial charge in [0.05, 0.1) is 12.2 Å². The summed E-state index contributed by atoms with van der Waals surface area (Å²) in [5, 5.41) is 19.2. The molecule has 0 radical (unpaired) electrons. The van der Waals surface area contributed by atoms with E-state index in [1.54, 1.807) is 0 Å². The van der Waals surface area contributed by atoms with Crippen molar-refractivity contribution >= 4 is 11.9 Å². The number of amides is 1. The normalized spacial score (nSPS) is 12.8. The van der Waals surface area contributed by atoms with E-state index in [4.69, 9.17) is 10.2 Å². The van der Waals surface area contributed by atoms with E-state index in [2.05, 4.69) is 4.98 Å². The van der Waals surface area contributed by atoms with Crippen molar-refractivity contribution in [1.29, 1.82) is 0 Å². The number of hydrogen-bond acceptors (Lipinski definition) is 4. The Morgan fingerprint density at radius 2 is 2.00 bits per heavy atom. The summed E-state index contributed by atoms with van der Waals surface area (Å²) in [5.74, 6) is -2.40. The first-order valence-electron chi connectivity index (χ1n) is 4.93. The lowest BCUT2D eigenvalue weighted by Gasteiger charge is -2.11. The van der Waals surface area contributed by atoms with Crippen LogP contribution in [-0.4, -0.2) is 39.7 Å². The zero-order valence-electron chi connectivity index (χ0n) is 9.31. The van der Waals surface area contributed by atoms with Crippen molar-refractivity contribution in [2.75, 3.05) is 6.61 Å². The second-order valence-electron chi connectivity index (χ2n) is 3.48. The predicted molar refractivity (Wildman–Crippen MR) is 55.2 cm³/mol. The molecule has 0 aliphatic heterocycles. The van der Waals surface area contributed by atoms with Crippen molar-refractivity contribution in [3.05, 3.63) is 29.6 Å². The maximum absolute atomic E-state index is 12.2. The number of hydrogen-bond donors (Lipinski definition) is 3. The van der Waals surface area contributed by atoms with Crippen LogP contribution in [0.25, 0.3) is 0 Å². The Balaban J connectivity index is 2.81. The van der Waals surface area contributed by atoms with Gasteiger partial charge in [-0.15, -0.1) is 0 Å². The van der Waals surface area contributed by atoms with Crippen LogP contribution in [0.5, 0.6) is 0 Å². The molecule has 19 heavy (non-hydrogen) atoms. The minimum Gasteiger partial charge on any atom is -0.480 e. The third kappa shape index (κ3) is 3.91. The van der Waals surface area contributed by atoms with Crippen molar-refractivity contribution < 1.29 is 33.0 Å². The molecule has 104 valence electrons. The number of carboxylic acid groups (broad SMARTS) is 1. The lowest BCUT2D eigenvalue weighted by Crippen LogP contribution is -2.43. The topological polar surface area (TPSA) is 99.5 Å². The highest BCUT2D eigenvalue weighted by molar-refractivity contribution is 5.96. The highest BCUT2D eigenvalue weighted by Crippen LogP contribution is 2.27. The van der Waals surface area contributed by atoms with Gasteiger partial charge < -0.3 is 15.5 Å². The number of pyridine rings is 1. The number of halogens is 3. The smallest absolute Gasteiger partial charge is 0.433 e. The van der Waals surface area contributed by atoms with E-state index >= 15 is 0 Å². The van der Waals surface area contributed by atoms with Crippen LogP contribution in [0.1, 0.15) is 16.1 Å². The van der Waals surface area contributed by atoms with E-state index < -0.39 is 36.4 Å². The second kappa shape index (κ2) is 5.65. The van der Waals surface area contributed by atoms with Gasteiger partial charge in [0, 0.05) is 6.20 Å².